The number of sulfone groups is 1. The molecule has 3 aromatic heterocycles. The van der Waals surface area contributed by atoms with Crippen molar-refractivity contribution in [3.8, 4) is 0 Å². The largest absolute Gasteiger partial charge is 0.369 e. The highest BCUT2D eigenvalue weighted by molar-refractivity contribution is 7.91. The zero-order valence-corrected chi connectivity index (χ0v) is 18.7. The molecule has 1 amide bonds. The van der Waals surface area contributed by atoms with Crippen LogP contribution in [0.3, 0.4) is 0 Å². The first kappa shape index (κ1) is 20.2. The van der Waals surface area contributed by atoms with Crippen molar-refractivity contribution >= 4 is 54.5 Å². The lowest BCUT2D eigenvalue weighted by atomic mass is 10.1. The topological polar surface area (TPSA) is 92.3 Å². The van der Waals surface area contributed by atoms with E-state index in [2.05, 4.69) is 15.3 Å². The molecule has 1 fully saturated rings. The van der Waals surface area contributed by atoms with E-state index in [9.17, 15) is 13.2 Å². The molecule has 1 aliphatic rings. The van der Waals surface area contributed by atoms with E-state index in [0.29, 0.717) is 30.2 Å². The summed E-state index contributed by atoms with van der Waals surface area (Å²) in [4.78, 5) is 26.0. The van der Waals surface area contributed by atoms with Gasteiger partial charge in [-0.05, 0) is 36.3 Å². The third-order valence-electron chi connectivity index (χ3n) is 5.13. The Morgan fingerprint density at radius 2 is 2.21 bits per heavy atom. The monoisotopic (exact) mass is 450 g/mol. The van der Waals surface area contributed by atoms with E-state index in [1.165, 1.54) is 17.7 Å². The van der Waals surface area contributed by atoms with Crippen molar-refractivity contribution in [1.29, 1.82) is 0 Å². The molecule has 4 rings (SSSR count). The van der Waals surface area contributed by atoms with Crippen LogP contribution in [0.1, 0.15) is 26.5 Å². The van der Waals surface area contributed by atoms with Gasteiger partial charge in [0.15, 0.2) is 9.84 Å². The number of carbonyl (C=O) groups is 1. The fraction of sp³-hybridized carbons (Fsp3) is 0.421. The highest BCUT2D eigenvalue weighted by Crippen LogP contribution is 2.34. The maximum Gasteiger partial charge on any atom is 0.264 e. The van der Waals surface area contributed by atoms with E-state index in [-0.39, 0.29) is 23.3 Å². The summed E-state index contributed by atoms with van der Waals surface area (Å²) in [5.41, 5.74) is 0.857. The van der Waals surface area contributed by atoms with E-state index in [1.807, 2.05) is 24.4 Å². The van der Waals surface area contributed by atoms with Crippen LogP contribution in [0.4, 0.5) is 5.82 Å². The van der Waals surface area contributed by atoms with Gasteiger partial charge in [-0.3, -0.25) is 4.79 Å². The van der Waals surface area contributed by atoms with Crippen LogP contribution in [0.5, 0.6) is 0 Å². The van der Waals surface area contributed by atoms with Crippen LogP contribution in [-0.2, 0) is 16.4 Å². The molecular weight excluding hydrogens is 428 g/mol. The van der Waals surface area contributed by atoms with Crippen LogP contribution in [0.15, 0.2) is 23.8 Å². The molecule has 7 nitrogen and oxygen atoms in total. The number of hydrogen-bond acceptors (Lipinski definition) is 8. The van der Waals surface area contributed by atoms with Gasteiger partial charge in [-0.2, -0.15) is 0 Å². The van der Waals surface area contributed by atoms with Gasteiger partial charge < -0.3 is 10.2 Å². The van der Waals surface area contributed by atoms with Gasteiger partial charge in [-0.1, -0.05) is 6.07 Å². The third kappa shape index (κ3) is 4.29. The van der Waals surface area contributed by atoms with Crippen molar-refractivity contribution in [3.63, 3.8) is 0 Å². The zero-order chi connectivity index (χ0) is 20.6. The van der Waals surface area contributed by atoms with Crippen LogP contribution < -0.4 is 5.32 Å². The first-order valence-electron chi connectivity index (χ1n) is 9.30. The van der Waals surface area contributed by atoms with Crippen LogP contribution >= 0.6 is 22.7 Å². The number of hydrogen-bond donors (Lipinski definition) is 1. The Kier molecular flexibility index (Phi) is 5.58. The molecule has 4 heterocycles. The first-order chi connectivity index (χ1) is 13.8. The molecule has 1 aliphatic heterocycles. The van der Waals surface area contributed by atoms with Gasteiger partial charge in [-0.15, -0.1) is 22.7 Å². The molecule has 1 N–H and O–H groups in total. The summed E-state index contributed by atoms with van der Waals surface area (Å²) in [7, 11) is -1.11. The maximum atomic E-state index is 13.0. The average molecular weight is 451 g/mol. The average Bonchev–Trinajstić information content (AvgIpc) is 3.39. The summed E-state index contributed by atoms with van der Waals surface area (Å²) >= 11 is 3.00. The number of rotatable bonds is 6. The second kappa shape index (κ2) is 8.00. The van der Waals surface area contributed by atoms with Crippen LogP contribution in [0.2, 0.25) is 0 Å². The van der Waals surface area contributed by atoms with Gasteiger partial charge in [0.2, 0.25) is 0 Å². The van der Waals surface area contributed by atoms with Crippen molar-refractivity contribution in [1.82, 2.24) is 14.9 Å². The predicted molar refractivity (Wildman–Crippen MR) is 118 cm³/mol. The highest BCUT2D eigenvalue weighted by atomic mass is 32.2. The smallest absolute Gasteiger partial charge is 0.264 e. The molecule has 0 saturated carbocycles. The lowest BCUT2D eigenvalue weighted by molar-refractivity contribution is 0.0790. The Morgan fingerprint density at radius 3 is 2.90 bits per heavy atom. The van der Waals surface area contributed by atoms with E-state index < -0.39 is 9.84 Å². The number of aromatic nitrogens is 2. The number of fused-ring (bicyclic) bond motifs is 1. The van der Waals surface area contributed by atoms with Crippen molar-refractivity contribution in [2.75, 3.05) is 30.4 Å². The molecule has 0 bridgehead atoms. The number of amides is 1. The quantitative estimate of drug-likeness (QED) is 0.620. The van der Waals surface area contributed by atoms with Gasteiger partial charge in [0.25, 0.3) is 5.91 Å². The summed E-state index contributed by atoms with van der Waals surface area (Å²) in [6.45, 7) is 3.03. The molecule has 1 atom stereocenters. The van der Waals surface area contributed by atoms with E-state index in [4.69, 9.17) is 0 Å². The van der Waals surface area contributed by atoms with Crippen molar-refractivity contribution < 1.29 is 13.2 Å². The fourth-order valence-electron chi connectivity index (χ4n) is 3.57. The molecule has 0 spiro atoms. The van der Waals surface area contributed by atoms with Crippen molar-refractivity contribution in [3.05, 3.63) is 39.2 Å². The maximum absolute atomic E-state index is 13.0. The number of carbonyl (C=O) groups excluding carboxylic acids is 1. The standard InChI is InChI=1S/C19H22N4O3S3/c1-12-15-17(20-8-13-5-7-29(25,26)10-13)21-11-22-18(15)28-16(12)19(24)23(2)9-14-4-3-6-27-14/h3-4,6,11,13H,5,7-10H2,1-2H3,(H,20,21,22). The second-order valence-electron chi connectivity index (χ2n) is 7.35. The van der Waals surface area contributed by atoms with Crippen molar-refractivity contribution in [2.45, 2.75) is 19.9 Å². The van der Waals surface area contributed by atoms with Gasteiger partial charge in [-0.25, -0.2) is 18.4 Å². The number of anilines is 1. The summed E-state index contributed by atoms with van der Waals surface area (Å²) in [5.74, 6) is 1.18. The lowest BCUT2D eigenvalue weighted by Crippen LogP contribution is -2.25. The summed E-state index contributed by atoms with van der Waals surface area (Å²) in [6.07, 6.45) is 2.15. The van der Waals surface area contributed by atoms with Crippen molar-refractivity contribution in [2.24, 2.45) is 5.92 Å². The minimum Gasteiger partial charge on any atom is -0.369 e. The SMILES string of the molecule is Cc1c(C(=O)N(C)Cc2cccs2)sc2ncnc(NCC3CCS(=O)(=O)C3)c12. The van der Waals surface area contributed by atoms with Crippen LogP contribution in [-0.4, -0.2) is 54.3 Å². The Labute approximate surface area is 177 Å². The van der Waals surface area contributed by atoms with Gasteiger partial charge in [0.05, 0.1) is 28.3 Å². The number of thiophene rings is 2. The van der Waals surface area contributed by atoms with E-state index >= 15 is 0 Å². The molecule has 0 radical (unpaired) electrons. The Balaban J connectivity index is 1.55. The minimum absolute atomic E-state index is 0.0354. The second-order valence-corrected chi connectivity index (χ2v) is 11.6. The Morgan fingerprint density at radius 1 is 1.38 bits per heavy atom. The summed E-state index contributed by atoms with van der Waals surface area (Å²) < 4.78 is 23.4. The van der Waals surface area contributed by atoms with Gasteiger partial charge in [0, 0.05) is 18.5 Å². The number of nitrogens with zero attached hydrogens (tertiary/aromatic N) is 3. The molecule has 1 unspecified atom stereocenters. The van der Waals surface area contributed by atoms with Crippen LogP contribution in [0.25, 0.3) is 10.2 Å². The summed E-state index contributed by atoms with van der Waals surface area (Å²) in [5, 5.41) is 6.13. The number of nitrogens with one attached hydrogen (secondary N) is 1. The molecule has 154 valence electrons. The summed E-state index contributed by atoms with van der Waals surface area (Å²) in [6, 6.07) is 4.00. The normalized spacial score (nSPS) is 18.2. The molecule has 10 heteroatoms. The fourth-order valence-corrected chi connectivity index (χ4v) is 7.33. The molecule has 1 saturated heterocycles. The molecule has 0 aliphatic carbocycles. The zero-order valence-electron chi connectivity index (χ0n) is 16.2. The Hall–Kier alpha value is -2.04. The lowest BCUT2D eigenvalue weighted by Gasteiger charge is -2.15. The third-order valence-corrected chi connectivity index (χ3v) is 9.01. The Bertz CT molecular complexity index is 1140. The molecule has 29 heavy (non-hydrogen) atoms. The van der Waals surface area contributed by atoms with Crippen LogP contribution in [0, 0.1) is 12.8 Å². The molecule has 0 aromatic carbocycles. The van der Waals surface area contributed by atoms with Gasteiger partial charge >= 0.3 is 0 Å². The number of aryl methyl sites for hydroxylation is 1. The predicted octanol–water partition coefficient (Wildman–Crippen LogP) is 3.18. The first-order valence-corrected chi connectivity index (χ1v) is 12.8. The molecular formula is C19H22N4O3S3. The van der Waals surface area contributed by atoms with E-state index in [0.717, 1.165) is 20.7 Å². The van der Waals surface area contributed by atoms with E-state index in [1.54, 1.807) is 23.3 Å². The van der Waals surface area contributed by atoms with Gasteiger partial charge in [0.1, 0.15) is 17.0 Å². The highest BCUT2D eigenvalue weighted by Gasteiger charge is 2.28. The molecule has 3 aromatic rings. The minimum atomic E-state index is -2.91.